The molecule has 1 aliphatic rings. The molecule has 4 N–H and O–H groups in total. The molecule has 8 heteroatoms. The summed E-state index contributed by atoms with van der Waals surface area (Å²) in [5, 5.41) is 14.9. The number of amides is 1. The monoisotopic (exact) mass is 421 g/mol. The van der Waals surface area contributed by atoms with E-state index >= 15 is 0 Å². The van der Waals surface area contributed by atoms with E-state index in [2.05, 4.69) is 20.2 Å². The van der Waals surface area contributed by atoms with Crippen molar-refractivity contribution in [3.05, 3.63) is 60.6 Å². The van der Waals surface area contributed by atoms with Gasteiger partial charge in [-0.15, -0.1) is 0 Å². The Bertz CT molecular complexity index is 1040. The summed E-state index contributed by atoms with van der Waals surface area (Å²) in [5.41, 5.74) is 6.84. The number of aliphatic hydroxyl groups is 1. The normalized spacial score (nSPS) is 18.3. The van der Waals surface area contributed by atoms with Gasteiger partial charge in [-0.05, 0) is 55.8 Å². The molecule has 0 bridgehead atoms. The lowest BCUT2D eigenvalue weighted by molar-refractivity contribution is 0.0576. The Morgan fingerprint density at radius 3 is 2.87 bits per heavy atom. The highest BCUT2D eigenvalue weighted by Crippen LogP contribution is 2.31. The van der Waals surface area contributed by atoms with E-state index in [1.807, 2.05) is 12.1 Å². The molecule has 162 valence electrons. The van der Waals surface area contributed by atoms with Gasteiger partial charge in [-0.3, -0.25) is 14.8 Å². The highest BCUT2D eigenvalue weighted by molar-refractivity contribution is 5.94. The maximum Gasteiger partial charge on any atom is 0.251 e. The average molecular weight is 422 g/mol. The van der Waals surface area contributed by atoms with Crippen LogP contribution in [-0.2, 0) is 0 Å². The van der Waals surface area contributed by atoms with Crippen LogP contribution in [-0.4, -0.2) is 59.4 Å². The second-order valence-electron chi connectivity index (χ2n) is 7.82. The molecule has 4 rings (SSSR count). The van der Waals surface area contributed by atoms with Gasteiger partial charge >= 0.3 is 0 Å². The summed E-state index contributed by atoms with van der Waals surface area (Å²) >= 11 is 0. The average Bonchev–Trinajstić information content (AvgIpc) is 3.20. The molecule has 3 heterocycles. The second-order valence-corrected chi connectivity index (χ2v) is 7.82. The summed E-state index contributed by atoms with van der Waals surface area (Å²) in [4.78, 5) is 23.2. The number of carbonyl (C=O) groups excluding carboxylic acids is 1. The van der Waals surface area contributed by atoms with Crippen LogP contribution in [0.15, 0.2) is 55.0 Å². The lowest BCUT2D eigenvalue weighted by Crippen LogP contribution is -2.45. The number of β-amino-alcohol motifs (C(OH)–C–C–N with tert-alkyl or cyclic N) is 1. The van der Waals surface area contributed by atoms with Crippen LogP contribution in [0, 0.1) is 0 Å². The fourth-order valence-electron chi connectivity index (χ4n) is 3.78. The van der Waals surface area contributed by atoms with Crippen molar-refractivity contribution in [3.63, 3.8) is 0 Å². The number of fused-ring (bicyclic) bond motifs is 1. The fourth-order valence-corrected chi connectivity index (χ4v) is 3.78. The number of hydrogen-bond acceptors (Lipinski definition) is 7. The SMILES string of the molecule is NCCCOc1ccc(C(=O)NC[C@]2(O)CCN(c3ccnc4ccncc34)C2)cc1. The van der Waals surface area contributed by atoms with Gasteiger partial charge in [0.05, 0.1) is 12.1 Å². The van der Waals surface area contributed by atoms with Gasteiger partial charge in [0.15, 0.2) is 0 Å². The first-order valence-electron chi connectivity index (χ1n) is 10.5. The number of ether oxygens (including phenoxy) is 1. The largest absolute Gasteiger partial charge is 0.494 e. The molecule has 0 unspecified atom stereocenters. The van der Waals surface area contributed by atoms with E-state index in [-0.39, 0.29) is 12.5 Å². The molecule has 31 heavy (non-hydrogen) atoms. The molecule has 0 aliphatic carbocycles. The molecule has 2 aromatic heterocycles. The van der Waals surface area contributed by atoms with Crippen LogP contribution in [0.4, 0.5) is 5.69 Å². The van der Waals surface area contributed by atoms with Crippen molar-refractivity contribution in [2.45, 2.75) is 18.4 Å². The first-order valence-corrected chi connectivity index (χ1v) is 10.5. The van der Waals surface area contributed by atoms with E-state index in [0.717, 1.165) is 23.0 Å². The maximum atomic E-state index is 12.5. The lowest BCUT2D eigenvalue weighted by atomic mass is 10.0. The topological polar surface area (TPSA) is 114 Å². The second kappa shape index (κ2) is 9.28. The van der Waals surface area contributed by atoms with Crippen LogP contribution in [0.1, 0.15) is 23.2 Å². The first-order chi connectivity index (χ1) is 15.1. The Hall–Kier alpha value is -3.23. The van der Waals surface area contributed by atoms with E-state index in [1.165, 1.54) is 0 Å². The van der Waals surface area contributed by atoms with Crippen molar-refractivity contribution in [3.8, 4) is 5.75 Å². The Morgan fingerprint density at radius 2 is 2.06 bits per heavy atom. The number of carbonyl (C=O) groups is 1. The van der Waals surface area contributed by atoms with E-state index in [0.29, 0.717) is 44.0 Å². The van der Waals surface area contributed by atoms with Gasteiger partial charge in [0.25, 0.3) is 5.91 Å². The third-order valence-corrected chi connectivity index (χ3v) is 5.50. The zero-order valence-electron chi connectivity index (χ0n) is 17.3. The Balaban J connectivity index is 1.35. The number of pyridine rings is 2. The van der Waals surface area contributed by atoms with Crippen molar-refractivity contribution in [1.29, 1.82) is 0 Å². The molecular formula is C23H27N5O3. The van der Waals surface area contributed by atoms with Crippen LogP contribution >= 0.6 is 0 Å². The van der Waals surface area contributed by atoms with Crippen LogP contribution in [0.2, 0.25) is 0 Å². The Kier molecular flexibility index (Phi) is 6.29. The third-order valence-electron chi connectivity index (χ3n) is 5.50. The van der Waals surface area contributed by atoms with Gasteiger partial charge in [0, 0.05) is 54.9 Å². The number of anilines is 1. The summed E-state index contributed by atoms with van der Waals surface area (Å²) in [7, 11) is 0. The maximum absolute atomic E-state index is 12.5. The van der Waals surface area contributed by atoms with E-state index in [4.69, 9.17) is 10.5 Å². The van der Waals surface area contributed by atoms with Crippen molar-refractivity contribution in [2.75, 3.05) is 37.7 Å². The van der Waals surface area contributed by atoms with Gasteiger partial charge < -0.3 is 25.8 Å². The number of nitrogens with two attached hydrogens (primary N) is 1. The highest BCUT2D eigenvalue weighted by atomic mass is 16.5. The minimum Gasteiger partial charge on any atom is -0.494 e. The Morgan fingerprint density at radius 1 is 1.23 bits per heavy atom. The third kappa shape index (κ3) is 4.92. The zero-order valence-corrected chi connectivity index (χ0v) is 17.3. The standard InChI is InChI=1S/C23H27N5O3/c24-9-1-13-31-18-4-2-17(3-5-18)22(29)27-15-23(30)8-12-28(16-23)21-7-11-26-20-6-10-25-14-19(20)21/h2-7,10-11,14,30H,1,8-9,12-13,15-16,24H2,(H,27,29)/t23-/m1/s1. The first kappa shape index (κ1) is 21.0. The van der Waals surface area contributed by atoms with Crippen LogP contribution < -0.4 is 20.7 Å². The zero-order chi connectivity index (χ0) is 21.7. The van der Waals surface area contributed by atoms with Crippen molar-refractivity contribution in [2.24, 2.45) is 5.73 Å². The molecule has 1 aliphatic heterocycles. The molecule has 1 saturated heterocycles. The number of benzene rings is 1. The number of nitrogens with one attached hydrogen (secondary N) is 1. The minimum atomic E-state index is -1.00. The molecule has 0 spiro atoms. The predicted octanol–water partition coefficient (Wildman–Crippen LogP) is 1.73. The Labute approximate surface area is 181 Å². The number of rotatable bonds is 8. The molecule has 1 fully saturated rings. The summed E-state index contributed by atoms with van der Waals surface area (Å²) < 4.78 is 5.56. The van der Waals surface area contributed by atoms with Gasteiger partial charge in [0.2, 0.25) is 0 Å². The van der Waals surface area contributed by atoms with E-state index in [1.54, 1.807) is 42.9 Å². The summed E-state index contributed by atoms with van der Waals surface area (Å²) in [5.74, 6) is 0.480. The van der Waals surface area contributed by atoms with Crippen molar-refractivity contribution >= 4 is 22.5 Å². The number of aromatic nitrogens is 2. The van der Waals surface area contributed by atoms with Gasteiger partial charge in [0.1, 0.15) is 11.4 Å². The summed E-state index contributed by atoms with van der Waals surface area (Å²) in [6, 6.07) is 10.8. The van der Waals surface area contributed by atoms with Crippen LogP contribution in [0.5, 0.6) is 5.75 Å². The quantitative estimate of drug-likeness (QED) is 0.475. The fraction of sp³-hybridized carbons (Fsp3) is 0.348. The molecule has 3 aromatic rings. The molecule has 0 saturated carbocycles. The molecule has 8 nitrogen and oxygen atoms in total. The van der Waals surface area contributed by atoms with E-state index < -0.39 is 5.60 Å². The molecule has 1 atom stereocenters. The minimum absolute atomic E-state index is 0.179. The molecular weight excluding hydrogens is 394 g/mol. The van der Waals surface area contributed by atoms with Crippen molar-refractivity contribution in [1.82, 2.24) is 15.3 Å². The van der Waals surface area contributed by atoms with E-state index in [9.17, 15) is 9.90 Å². The number of hydrogen-bond donors (Lipinski definition) is 3. The van der Waals surface area contributed by atoms with Crippen LogP contribution in [0.25, 0.3) is 10.9 Å². The highest BCUT2D eigenvalue weighted by Gasteiger charge is 2.37. The predicted molar refractivity (Wildman–Crippen MR) is 119 cm³/mol. The lowest BCUT2D eigenvalue weighted by Gasteiger charge is -2.25. The molecule has 1 amide bonds. The molecule has 0 radical (unpaired) electrons. The van der Waals surface area contributed by atoms with Crippen molar-refractivity contribution < 1.29 is 14.6 Å². The van der Waals surface area contributed by atoms with Gasteiger partial charge in [-0.1, -0.05) is 0 Å². The van der Waals surface area contributed by atoms with Gasteiger partial charge in [-0.25, -0.2) is 0 Å². The van der Waals surface area contributed by atoms with Crippen LogP contribution in [0.3, 0.4) is 0 Å². The smallest absolute Gasteiger partial charge is 0.251 e. The van der Waals surface area contributed by atoms with Gasteiger partial charge in [-0.2, -0.15) is 0 Å². The summed E-state index contributed by atoms with van der Waals surface area (Å²) in [6.45, 7) is 2.42. The molecule has 1 aromatic carbocycles. The number of nitrogens with zero attached hydrogens (tertiary/aromatic N) is 3. The summed E-state index contributed by atoms with van der Waals surface area (Å²) in [6.07, 6.45) is 6.61.